The van der Waals surface area contributed by atoms with Crippen LogP contribution in [0.2, 0.25) is 0 Å². The minimum absolute atomic E-state index is 0.0632. The molecule has 3 aliphatic rings. The Morgan fingerprint density at radius 1 is 1.21 bits per heavy atom. The van der Waals surface area contributed by atoms with E-state index in [4.69, 9.17) is 0 Å². The van der Waals surface area contributed by atoms with Gasteiger partial charge in [-0.2, -0.15) is 0 Å². The molecule has 3 aliphatic heterocycles. The van der Waals surface area contributed by atoms with E-state index in [0.29, 0.717) is 18.0 Å². The van der Waals surface area contributed by atoms with E-state index in [1.807, 2.05) is 24.3 Å². The fourth-order valence-corrected chi connectivity index (χ4v) is 5.64. The van der Waals surface area contributed by atoms with Crippen molar-refractivity contribution in [3.05, 3.63) is 47.3 Å². The zero-order chi connectivity index (χ0) is 16.5. The number of fused-ring (bicyclic) bond motifs is 3. The van der Waals surface area contributed by atoms with Gasteiger partial charge in [0.25, 0.3) is 5.91 Å². The van der Waals surface area contributed by atoms with E-state index < -0.39 is 0 Å². The summed E-state index contributed by atoms with van der Waals surface area (Å²) in [7, 11) is 0. The number of piperidine rings is 3. The van der Waals surface area contributed by atoms with Crippen LogP contribution in [0.1, 0.15) is 30.1 Å². The summed E-state index contributed by atoms with van der Waals surface area (Å²) in [6, 6.07) is 12.9. The van der Waals surface area contributed by atoms with Crippen LogP contribution in [0.3, 0.4) is 0 Å². The average Bonchev–Trinajstić information content (AvgIpc) is 3.12. The molecule has 3 nitrogen and oxygen atoms in total. The summed E-state index contributed by atoms with van der Waals surface area (Å²) in [6.07, 6.45) is 2.43. The van der Waals surface area contributed by atoms with Gasteiger partial charge in [-0.15, -0.1) is 11.3 Å². The van der Waals surface area contributed by atoms with Crippen LogP contribution in [0.4, 0.5) is 0 Å². The first-order valence-corrected chi connectivity index (χ1v) is 10.3. The second-order valence-corrected chi connectivity index (χ2v) is 8.99. The highest BCUT2D eigenvalue weighted by atomic mass is 32.2. The number of nitrogens with zero attached hydrogens (tertiary/aromatic N) is 1. The van der Waals surface area contributed by atoms with Crippen molar-refractivity contribution in [2.24, 2.45) is 5.92 Å². The van der Waals surface area contributed by atoms with Crippen molar-refractivity contribution >= 4 is 29.0 Å². The minimum Gasteiger partial charge on any atom is -0.347 e. The molecule has 2 bridgehead atoms. The van der Waals surface area contributed by atoms with Crippen molar-refractivity contribution in [3.8, 4) is 0 Å². The standard InChI is InChI=1S/C19H22N2OS2/c1-13-18(14-8-10-21(13)11-9-14)20-19(22)15-4-6-16(7-5-15)24-17-3-2-12-23-17/h2-7,12-14,18H,8-11H2,1H3,(H,20,22). The summed E-state index contributed by atoms with van der Waals surface area (Å²) < 4.78 is 1.27. The van der Waals surface area contributed by atoms with Gasteiger partial charge in [0.1, 0.15) is 0 Å². The Morgan fingerprint density at radius 3 is 2.58 bits per heavy atom. The number of carbonyl (C=O) groups is 1. The first kappa shape index (κ1) is 16.2. The Labute approximate surface area is 151 Å². The molecule has 1 aromatic heterocycles. The molecule has 126 valence electrons. The highest BCUT2D eigenvalue weighted by molar-refractivity contribution is 8.01. The molecule has 1 N–H and O–H groups in total. The van der Waals surface area contributed by atoms with Crippen LogP contribution in [0, 0.1) is 5.92 Å². The van der Waals surface area contributed by atoms with Gasteiger partial charge >= 0.3 is 0 Å². The van der Waals surface area contributed by atoms with Crippen LogP contribution in [-0.4, -0.2) is 36.0 Å². The summed E-state index contributed by atoms with van der Waals surface area (Å²) in [4.78, 5) is 16.3. The third-order valence-corrected chi connectivity index (χ3v) is 7.35. The number of amides is 1. The Balaban J connectivity index is 1.41. The van der Waals surface area contributed by atoms with E-state index in [-0.39, 0.29) is 5.91 Å². The van der Waals surface area contributed by atoms with Crippen molar-refractivity contribution in [2.75, 3.05) is 13.1 Å². The quantitative estimate of drug-likeness (QED) is 0.893. The van der Waals surface area contributed by atoms with Crippen LogP contribution in [0.15, 0.2) is 50.9 Å². The molecule has 24 heavy (non-hydrogen) atoms. The maximum absolute atomic E-state index is 12.6. The summed E-state index contributed by atoms with van der Waals surface area (Å²) in [5.41, 5.74) is 0.758. The lowest BCUT2D eigenvalue weighted by Gasteiger charge is -2.49. The summed E-state index contributed by atoms with van der Waals surface area (Å²) in [5, 5.41) is 5.38. The van der Waals surface area contributed by atoms with Gasteiger partial charge in [-0.3, -0.25) is 9.69 Å². The minimum atomic E-state index is 0.0632. The molecule has 0 saturated carbocycles. The Bertz CT molecular complexity index is 689. The summed E-state index contributed by atoms with van der Waals surface area (Å²) >= 11 is 3.48. The fourth-order valence-electron chi connectivity index (χ4n) is 3.89. The van der Waals surface area contributed by atoms with Gasteiger partial charge in [-0.1, -0.05) is 17.8 Å². The van der Waals surface area contributed by atoms with E-state index >= 15 is 0 Å². The monoisotopic (exact) mass is 358 g/mol. The molecule has 3 fully saturated rings. The second kappa shape index (κ2) is 6.90. The molecule has 0 aliphatic carbocycles. The molecule has 2 atom stereocenters. The number of rotatable bonds is 4. The van der Waals surface area contributed by atoms with Gasteiger partial charge in [0, 0.05) is 22.5 Å². The lowest BCUT2D eigenvalue weighted by molar-refractivity contribution is 0.0217. The fraction of sp³-hybridized carbons (Fsp3) is 0.421. The molecule has 0 spiro atoms. The molecule has 1 amide bonds. The maximum atomic E-state index is 12.6. The third kappa shape index (κ3) is 3.25. The van der Waals surface area contributed by atoms with Crippen LogP contribution < -0.4 is 5.32 Å². The van der Waals surface area contributed by atoms with Crippen molar-refractivity contribution in [2.45, 2.75) is 41.0 Å². The van der Waals surface area contributed by atoms with Gasteiger partial charge < -0.3 is 5.32 Å². The van der Waals surface area contributed by atoms with Crippen molar-refractivity contribution in [1.29, 1.82) is 0 Å². The van der Waals surface area contributed by atoms with Gasteiger partial charge in [0.05, 0.1) is 4.21 Å². The van der Waals surface area contributed by atoms with Gasteiger partial charge in [-0.05, 0) is 74.5 Å². The summed E-state index contributed by atoms with van der Waals surface area (Å²) in [5.74, 6) is 0.705. The zero-order valence-corrected chi connectivity index (χ0v) is 15.4. The van der Waals surface area contributed by atoms with Crippen LogP contribution in [0.25, 0.3) is 0 Å². The van der Waals surface area contributed by atoms with E-state index in [1.54, 1.807) is 23.1 Å². The largest absolute Gasteiger partial charge is 0.347 e. The molecule has 3 saturated heterocycles. The number of benzene rings is 1. The molecule has 2 unspecified atom stereocenters. The molecule has 4 heterocycles. The van der Waals surface area contributed by atoms with E-state index in [2.05, 4.69) is 34.7 Å². The van der Waals surface area contributed by atoms with E-state index in [1.165, 1.54) is 35.0 Å². The smallest absolute Gasteiger partial charge is 0.251 e. The topological polar surface area (TPSA) is 32.3 Å². The SMILES string of the molecule is CC1C(NC(=O)c2ccc(Sc3cccs3)cc2)C2CCN1CC2. The van der Waals surface area contributed by atoms with Crippen LogP contribution in [0.5, 0.6) is 0 Å². The van der Waals surface area contributed by atoms with Gasteiger partial charge in [0.2, 0.25) is 0 Å². The maximum Gasteiger partial charge on any atom is 0.251 e. The van der Waals surface area contributed by atoms with E-state index in [0.717, 1.165) is 5.56 Å². The average molecular weight is 359 g/mol. The molecule has 1 aromatic carbocycles. The van der Waals surface area contributed by atoms with E-state index in [9.17, 15) is 4.79 Å². The molecular weight excluding hydrogens is 336 g/mol. The van der Waals surface area contributed by atoms with Gasteiger partial charge in [0.15, 0.2) is 0 Å². The third-order valence-electron chi connectivity index (χ3n) is 5.31. The zero-order valence-electron chi connectivity index (χ0n) is 13.8. The Hall–Kier alpha value is -1.30. The normalized spacial score (nSPS) is 28.7. The lowest BCUT2D eigenvalue weighted by atomic mass is 9.79. The number of carbonyl (C=O) groups excluding carboxylic acids is 1. The number of nitrogens with one attached hydrogen (secondary N) is 1. The number of hydrogen-bond donors (Lipinski definition) is 1. The molecule has 0 radical (unpaired) electrons. The number of thiophene rings is 1. The molecular formula is C19H22N2OS2. The number of hydrogen-bond acceptors (Lipinski definition) is 4. The van der Waals surface area contributed by atoms with Crippen LogP contribution in [-0.2, 0) is 0 Å². The first-order chi connectivity index (χ1) is 11.7. The lowest BCUT2D eigenvalue weighted by Crippen LogP contribution is -2.62. The predicted molar refractivity (Wildman–Crippen MR) is 99.9 cm³/mol. The highest BCUT2D eigenvalue weighted by Crippen LogP contribution is 2.33. The molecule has 5 heteroatoms. The molecule has 5 rings (SSSR count). The first-order valence-electron chi connectivity index (χ1n) is 8.57. The Kier molecular flexibility index (Phi) is 4.66. The summed E-state index contributed by atoms with van der Waals surface area (Å²) in [6.45, 7) is 4.62. The predicted octanol–water partition coefficient (Wildman–Crippen LogP) is 4.11. The van der Waals surface area contributed by atoms with Gasteiger partial charge in [-0.25, -0.2) is 0 Å². The van der Waals surface area contributed by atoms with Crippen molar-refractivity contribution in [3.63, 3.8) is 0 Å². The molecule has 2 aromatic rings. The van der Waals surface area contributed by atoms with Crippen LogP contribution >= 0.6 is 23.1 Å². The van der Waals surface area contributed by atoms with Crippen molar-refractivity contribution in [1.82, 2.24) is 10.2 Å². The highest BCUT2D eigenvalue weighted by Gasteiger charge is 2.40. The van der Waals surface area contributed by atoms with Crippen molar-refractivity contribution < 1.29 is 4.79 Å². The Morgan fingerprint density at radius 2 is 1.96 bits per heavy atom. The second-order valence-electron chi connectivity index (χ2n) is 6.67.